The Bertz CT molecular complexity index is 5290. The molecule has 0 unspecified atom stereocenters. The molecule has 0 bridgehead atoms. The van der Waals surface area contributed by atoms with Gasteiger partial charge < -0.3 is 28.4 Å². The predicted molar refractivity (Wildman–Crippen MR) is 371 cm³/mol. The van der Waals surface area contributed by atoms with Crippen molar-refractivity contribution in [3.05, 3.63) is 320 Å². The SMILES string of the molecule is Clc1c(N(c2ccccc2)c2ccccc2)cccc1N(c1ccccc1)c1cccc2oc3cc4ccccc4cc3c12.c1ccc(N2c3ccccc3B3c4ccc5oc6cc7ccccc7cc6c5c4N(c4ccccc4)c4cccc2c43)cc1. The van der Waals surface area contributed by atoms with E-state index in [4.69, 9.17) is 20.4 Å². The summed E-state index contributed by atoms with van der Waals surface area (Å²) in [4.78, 5) is 9.34. The summed E-state index contributed by atoms with van der Waals surface area (Å²) in [5.74, 6) is 0. The standard InChI is InChI=1S/C40H25BN2O.C40H27ClN2O/c1-3-14-28(15-4-1)42-33-19-10-9-18-31(33)41-32-22-23-36-38(30-24-26-12-7-8-13-27(26)25-37(30)44-36)40(32)43(29-16-5-2-6-17-29)35-21-11-20-34(42)39(35)41;41-40-35(42(30-16-4-1-5-17-30)31-18-6-2-7-19-31)23-12-24-36(40)43(32-20-8-3-9-21-32)34-22-13-25-37-39(34)33-26-28-14-10-11-15-29(28)27-38(33)44-37/h1-25H;1-27H. The first kappa shape index (κ1) is 51.2. The van der Waals surface area contributed by atoms with Gasteiger partial charge >= 0.3 is 0 Å². The molecular formula is C80H52BClN4O2. The zero-order chi connectivity index (χ0) is 58.2. The Kier molecular flexibility index (Phi) is 12.3. The highest BCUT2D eigenvalue weighted by atomic mass is 35.5. The molecule has 0 radical (unpaired) electrons. The molecule has 0 spiro atoms. The van der Waals surface area contributed by atoms with Crippen LogP contribution in [0.5, 0.6) is 0 Å². The predicted octanol–water partition coefficient (Wildman–Crippen LogP) is 21.2. The van der Waals surface area contributed by atoms with Gasteiger partial charge in [-0.3, -0.25) is 0 Å². The number of benzene rings is 14. The lowest BCUT2D eigenvalue weighted by atomic mass is 9.33. The Morgan fingerprint density at radius 1 is 0.307 bits per heavy atom. The van der Waals surface area contributed by atoms with Crippen molar-refractivity contribution in [1.82, 2.24) is 0 Å². The number of anilines is 12. The maximum atomic E-state index is 7.51. The monoisotopic (exact) mass is 1150 g/mol. The number of rotatable bonds is 8. The zero-order valence-electron chi connectivity index (χ0n) is 47.6. The average Bonchev–Trinajstić information content (AvgIpc) is 1.06. The number of fused-ring (bicyclic) bond motifs is 13. The molecule has 2 aromatic heterocycles. The average molecular weight is 1150 g/mol. The molecule has 0 aliphatic carbocycles. The summed E-state index contributed by atoms with van der Waals surface area (Å²) in [5.41, 5.74) is 20.4. The van der Waals surface area contributed by atoms with E-state index < -0.39 is 0 Å². The molecule has 8 heteroatoms. The summed E-state index contributed by atoms with van der Waals surface area (Å²) in [6, 6.07) is 111. The van der Waals surface area contributed by atoms with Crippen LogP contribution in [0.15, 0.2) is 324 Å². The second kappa shape index (κ2) is 21.1. The third-order valence-corrected chi connectivity index (χ3v) is 17.8. The van der Waals surface area contributed by atoms with E-state index in [0.29, 0.717) is 5.02 Å². The molecule has 0 atom stereocenters. The highest BCUT2D eigenvalue weighted by Gasteiger charge is 2.44. The van der Waals surface area contributed by atoms with Crippen molar-refractivity contribution >= 4 is 168 Å². The van der Waals surface area contributed by atoms with E-state index in [2.05, 4.69) is 280 Å². The first-order chi connectivity index (χ1) is 43.6. The first-order valence-electron chi connectivity index (χ1n) is 29.8. The van der Waals surface area contributed by atoms with Crippen LogP contribution in [0.3, 0.4) is 0 Å². The Morgan fingerprint density at radius 3 is 1.32 bits per heavy atom. The minimum Gasteiger partial charge on any atom is -0.456 e. The summed E-state index contributed by atoms with van der Waals surface area (Å²) < 4.78 is 13.1. The number of furan rings is 2. The van der Waals surface area contributed by atoms with Crippen LogP contribution in [0, 0.1) is 0 Å². The molecule has 18 rings (SSSR count). The number of hydrogen-bond acceptors (Lipinski definition) is 6. The van der Waals surface area contributed by atoms with Crippen molar-refractivity contribution in [3.63, 3.8) is 0 Å². The summed E-state index contributed by atoms with van der Waals surface area (Å²) in [6.45, 7) is 0.0714. The van der Waals surface area contributed by atoms with Crippen LogP contribution in [0.2, 0.25) is 5.02 Å². The fourth-order valence-electron chi connectivity index (χ4n) is 13.7. The Hall–Kier alpha value is -11.2. The fraction of sp³-hybridized carbons (Fsp3) is 0. The van der Waals surface area contributed by atoms with Crippen molar-refractivity contribution < 1.29 is 8.83 Å². The van der Waals surface area contributed by atoms with Crippen LogP contribution in [0.4, 0.5) is 68.2 Å². The topological polar surface area (TPSA) is 39.2 Å². The number of hydrogen-bond donors (Lipinski definition) is 0. The zero-order valence-corrected chi connectivity index (χ0v) is 48.3. The van der Waals surface area contributed by atoms with Crippen molar-refractivity contribution in [2.45, 2.75) is 0 Å². The molecule has 2 aliphatic heterocycles. The lowest BCUT2D eigenvalue weighted by molar-refractivity contribution is 0.669. The van der Waals surface area contributed by atoms with Crippen LogP contribution in [0.25, 0.3) is 65.4 Å². The third kappa shape index (κ3) is 8.34. The van der Waals surface area contributed by atoms with Gasteiger partial charge in [-0.2, -0.15) is 0 Å². The molecule has 0 fully saturated rings. The van der Waals surface area contributed by atoms with E-state index in [1.165, 1.54) is 55.3 Å². The van der Waals surface area contributed by atoms with Gasteiger partial charge in [0.2, 0.25) is 0 Å². The molecule has 14 aromatic carbocycles. The highest BCUT2D eigenvalue weighted by molar-refractivity contribution is 7.00. The van der Waals surface area contributed by atoms with Gasteiger partial charge in [0.15, 0.2) is 0 Å². The summed E-state index contributed by atoms with van der Waals surface area (Å²) in [5, 5.41) is 9.77. The first-order valence-corrected chi connectivity index (χ1v) is 30.2. The van der Waals surface area contributed by atoms with Crippen molar-refractivity contribution in [2.75, 3.05) is 19.6 Å². The molecule has 4 heterocycles. The summed E-state index contributed by atoms with van der Waals surface area (Å²) in [7, 11) is 0. The minimum absolute atomic E-state index is 0.0714. The van der Waals surface area contributed by atoms with Gasteiger partial charge in [0.05, 0.1) is 38.5 Å². The fourth-order valence-corrected chi connectivity index (χ4v) is 14.0. The molecule has 2 aliphatic rings. The summed E-state index contributed by atoms with van der Waals surface area (Å²) in [6.07, 6.45) is 0. The van der Waals surface area contributed by atoms with Crippen LogP contribution < -0.4 is 36.0 Å². The lowest BCUT2D eigenvalue weighted by Gasteiger charge is -2.44. The minimum atomic E-state index is 0.0714. The Balaban J connectivity index is 0.000000137. The van der Waals surface area contributed by atoms with E-state index in [9.17, 15) is 0 Å². The van der Waals surface area contributed by atoms with Gasteiger partial charge in [0.1, 0.15) is 22.3 Å². The van der Waals surface area contributed by atoms with Crippen molar-refractivity contribution in [3.8, 4) is 0 Å². The maximum absolute atomic E-state index is 7.51. The third-order valence-electron chi connectivity index (χ3n) is 17.5. The smallest absolute Gasteiger partial charge is 0.252 e. The van der Waals surface area contributed by atoms with Crippen LogP contribution in [0.1, 0.15) is 0 Å². The second-order valence-electron chi connectivity index (χ2n) is 22.5. The molecule has 0 amide bonds. The quantitative estimate of drug-likeness (QED) is 0.141. The Labute approximate surface area is 514 Å². The molecule has 16 aromatic rings. The van der Waals surface area contributed by atoms with Gasteiger partial charge in [-0.1, -0.05) is 194 Å². The van der Waals surface area contributed by atoms with Gasteiger partial charge in [-0.05, 0) is 171 Å². The molecule has 0 N–H and O–H groups in total. The van der Waals surface area contributed by atoms with Gasteiger partial charge in [-0.25, -0.2) is 0 Å². The summed E-state index contributed by atoms with van der Waals surface area (Å²) >= 11 is 7.51. The van der Waals surface area contributed by atoms with Crippen LogP contribution >= 0.6 is 11.6 Å². The van der Waals surface area contributed by atoms with Crippen molar-refractivity contribution in [1.29, 1.82) is 0 Å². The van der Waals surface area contributed by atoms with E-state index >= 15 is 0 Å². The number of halogens is 1. The van der Waals surface area contributed by atoms with E-state index in [-0.39, 0.29) is 6.71 Å². The Morgan fingerprint density at radius 2 is 0.727 bits per heavy atom. The molecular weight excluding hydrogens is 1100 g/mol. The molecule has 0 saturated carbocycles. The van der Waals surface area contributed by atoms with Crippen LogP contribution in [-0.2, 0) is 0 Å². The maximum Gasteiger partial charge on any atom is 0.252 e. The largest absolute Gasteiger partial charge is 0.456 e. The van der Waals surface area contributed by atoms with Gasteiger partial charge in [-0.15, -0.1) is 0 Å². The van der Waals surface area contributed by atoms with E-state index in [1.807, 2.05) is 54.6 Å². The number of nitrogens with zero attached hydrogens (tertiary/aromatic N) is 4. The molecule has 88 heavy (non-hydrogen) atoms. The van der Waals surface area contributed by atoms with Gasteiger partial charge in [0, 0.05) is 56.3 Å². The normalized spacial score (nSPS) is 12.3. The molecule has 6 nitrogen and oxygen atoms in total. The molecule has 0 saturated heterocycles. The second-order valence-corrected chi connectivity index (χ2v) is 22.8. The van der Waals surface area contributed by atoms with Gasteiger partial charge in [0.25, 0.3) is 6.71 Å². The molecule has 414 valence electrons. The van der Waals surface area contributed by atoms with Crippen LogP contribution in [-0.4, -0.2) is 6.71 Å². The van der Waals surface area contributed by atoms with E-state index in [0.717, 1.165) is 94.8 Å². The van der Waals surface area contributed by atoms with E-state index in [1.54, 1.807) is 0 Å². The highest BCUT2D eigenvalue weighted by Crippen LogP contribution is 2.51. The van der Waals surface area contributed by atoms with Crippen molar-refractivity contribution in [2.24, 2.45) is 0 Å². The lowest BCUT2D eigenvalue weighted by Crippen LogP contribution is -2.61. The number of para-hydroxylation sites is 6.